The van der Waals surface area contributed by atoms with Crippen molar-refractivity contribution in [3.8, 4) is 0 Å². The fraction of sp³-hybridized carbons (Fsp3) is 0.389. The zero-order valence-electron chi connectivity index (χ0n) is 15.9. The highest BCUT2D eigenvalue weighted by atomic mass is 19.4. The van der Waals surface area contributed by atoms with E-state index in [9.17, 15) is 27.9 Å². The van der Waals surface area contributed by atoms with Crippen molar-refractivity contribution < 1.29 is 27.9 Å². The minimum atomic E-state index is -4.84. The molecule has 0 bridgehead atoms. The van der Waals surface area contributed by atoms with Crippen molar-refractivity contribution in [3.63, 3.8) is 0 Å². The van der Waals surface area contributed by atoms with E-state index in [2.05, 4.69) is 4.98 Å². The van der Waals surface area contributed by atoms with Gasteiger partial charge in [0.25, 0.3) is 5.91 Å². The summed E-state index contributed by atoms with van der Waals surface area (Å²) < 4.78 is 40.7. The van der Waals surface area contributed by atoms with Crippen LogP contribution in [0.2, 0.25) is 0 Å². The van der Waals surface area contributed by atoms with Crippen LogP contribution in [-0.2, 0) is 24.0 Å². The zero-order valence-corrected chi connectivity index (χ0v) is 15.9. The summed E-state index contributed by atoms with van der Waals surface area (Å²) in [5.41, 5.74) is -2.76. The predicted molar refractivity (Wildman–Crippen MR) is 95.5 cm³/mol. The van der Waals surface area contributed by atoms with Crippen LogP contribution in [0.4, 0.5) is 19.0 Å². The van der Waals surface area contributed by atoms with Gasteiger partial charge in [-0.25, -0.2) is 4.98 Å². The number of carbonyl (C=O) groups excluding carboxylic acids is 2. The van der Waals surface area contributed by atoms with Crippen LogP contribution in [0, 0.1) is 0 Å². The molecule has 2 rings (SSSR count). The van der Waals surface area contributed by atoms with Gasteiger partial charge in [0, 0.05) is 27.7 Å². The van der Waals surface area contributed by atoms with Crippen molar-refractivity contribution in [3.05, 3.63) is 47.4 Å². The third-order valence-electron chi connectivity index (χ3n) is 4.42. The molecule has 0 fully saturated rings. The molecule has 0 aliphatic carbocycles. The number of alkyl halides is 3. The SMILES string of the molecule is CN(Cc1cccc(C(C)(O)C(F)(F)F)c1)C(=O)c1c(N(C)C=O)ncn1C. The lowest BCUT2D eigenvalue weighted by molar-refractivity contribution is -0.258. The third-order valence-corrected chi connectivity index (χ3v) is 4.42. The predicted octanol–water partition coefficient (Wildman–Crippen LogP) is 2.05. The Morgan fingerprint density at radius 2 is 1.96 bits per heavy atom. The molecule has 0 radical (unpaired) electrons. The number of aryl methyl sites for hydroxylation is 1. The molecule has 0 spiro atoms. The highest BCUT2D eigenvalue weighted by Crippen LogP contribution is 2.38. The van der Waals surface area contributed by atoms with E-state index >= 15 is 0 Å². The van der Waals surface area contributed by atoms with Gasteiger partial charge in [0.1, 0.15) is 0 Å². The molecule has 1 N–H and O–H groups in total. The highest BCUT2D eigenvalue weighted by Gasteiger charge is 2.51. The third kappa shape index (κ3) is 4.01. The molecule has 1 unspecified atom stereocenters. The molecule has 2 amide bonds. The normalized spacial score (nSPS) is 13.7. The molecule has 0 aliphatic rings. The number of rotatable bonds is 6. The summed E-state index contributed by atoms with van der Waals surface area (Å²) in [6.45, 7) is 0.675. The van der Waals surface area contributed by atoms with Crippen molar-refractivity contribution in [1.82, 2.24) is 14.5 Å². The van der Waals surface area contributed by atoms with E-state index in [1.165, 1.54) is 48.1 Å². The summed E-state index contributed by atoms with van der Waals surface area (Å²) >= 11 is 0. The average Bonchev–Trinajstić information content (AvgIpc) is 3.01. The first kappa shape index (κ1) is 21.4. The number of aromatic nitrogens is 2. The van der Waals surface area contributed by atoms with Crippen LogP contribution in [0.1, 0.15) is 28.5 Å². The minimum Gasteiger partial charge on any atom is -0.376 e. The second-order valence-electron chi connectivity index (χ2n) is 6.68. The summed E-state index contributed by atoms with van der Waals surface area (Å²) in [5, 5.41) is 9.85. The first-order valence-electron chi connectivity index (χ1n) is 8.23. The van der Waals surface area contributed by atoms with Gasteiger partial charge in [-0.15, -0.1) is 0 Å². The topological polar surface area (TPSA) is 78.7 Å². The molecule has 152 valence electrons. The Hall–Kier alpha value is -2.88. The Labute approximate surface area is 160 Å². The number of carbonyl (C=O) groups is 2. The Morgan fingerprint density at radius 3 is 2.54 bits per heavy atom. The molecule has 0 saturated heterocycles. The lowest BCUT2D eigenvalue weighted by Crippen LogP contribution is -2.39. The molecule has 28 heavy (non-hydrogen) atoms. The number of aliphatic hydroxyl groups is 1. The monoisotopic (exact) mass is 398 g/mol. The Morgan fingerprint density at radius 1 is 1.32 bits per heavy atom. The van der Waals surface area contributed by atoms with E-state index in [4.69, 9.17) is 0 Å². The number of hydrogen-bond donors (Lipinski definition) is 1. The molecular weight excluding hydrogens is 377 g/mol. The summed E-state index contributed by atoms with van der Waals surface area (Å²) in [7, 11) is 4.53. The zero-order chi connectivity index (χ0) is 21.3. The van der Waals surface area contributed by atoms with E-state index in [0.717, 1.165) is 4.90 Å². The van der Waals surface area contributed by atoms with Crippen molar-refractivity contribution >= 4 is 18.1 Å². The molecule has 2 aromatic rings. The van der Waals surface area contributed by atoms with Gasteiger partial charge in [0.15, 0.2) is 17.1 Å². The number of amides is 2. The molecule has 10 heteroatoms. The van der Waals surface area contributed by atoms with E-state index in [0.29, 0.717) is 18.9 Å². The molecule has 1 aromatic heterocycles. The second-order valence-corrected chi connectivity index (χ2v) is 6.68. The largest absolute Gasteiger partial charge is 0.421 e. The Kier molecular flexibility index (Phi) is 5.83. The van der Waals surface area contributed by atoms with Crippen LogP contribution in [0.5, 0.6) is 0 Å². The minimum absolute atomic E-state index is 0.00393. The standard InChI is InChI=1S/C18H21F3N4O3/c1-17(28,18(19,20)21)13-7-5-6-12(8-13)9-23(2)16(27)14-15(25(4)11-26)22-10-24(14)3/h5-8,10-11,28H,9H2,1-4H3. The number of hydrogen-bond acceptors (Lipinski definition) is 4. The van der Waals surface area contributed by atoms with E-state index < -0.39 is 17.7 Å². The summed E-state index contributed by atoms with van der Waals surface area (Å²) in [4.78, 5) is 30.3. The highest BCUT2D eigenvalue weighted by molar-refractivity contribution is 5.99. The smallest absolute Gasteiger partial charge is 0.376 e. The number of halogens is 3. The van der Waals surface area contributed by atoms with Gasteiger partial charge < -0.3 is 19.5 Å². The maximum Gasteiger partial charge on any atom is 0.421 e. The average molecular weight is 398 g/mol. The first-order valence-corrected chi connectivity index (χ1v) is 8.23. The number of benzene rings is 1. The molecule has 0 aliphatic heterocycles. The molecule has 1 aromatic carbocycles. The second kappa shape index (κ2) is 7.63. The van der Waals surface area contributed by atoms with Crippen molar-refractivity contribution in [2.75, 3.05) is 19.0 Å². The fourth-order valence-corrected chi connectivity index (χ4v) is 2.64. The maximum absolute atomic E-state index is 13.1. The summed E-state index contributed by atoms with van der Waals surface area (Å²) in [6.07, 6.45) is -2.93. The molecule has 7 nitrogen and oxygen atoms in total. The summed E-state index contributed by atoms with van der Waals surface area (Å²) in [5.74, 6) is -0.292. The number of nitrogens with zero attached hydrogens (tertiary/aromatic N) is 4. The lowest BCUT2D eigenvalue weighted by Gasteiger charge is -2.27. The quantitative estimate of drug-likeness (QED) is 0.756. The number of imidazole rings is 1. The Balaban J connectivity index is 2.28. The van der Waals surface area contributed by atoms with Gasteiger partial charge in [0.05, 0.1) is 6.33 Å². The van der Waals surface area contributed by atoms with Gasteiger partial charge in [-0.1, -0.05) is 24.3 Å². The maximum atomic E-state index is 13.1. The van der Waals surface area contributed by atoms with Crippen LogP contribution >= 0.6 is 0 Å². The van der Waals surface area contributed by atoms with Crippen LogP contribution in [-0.4, -0.2) is 52.1 Å². The van der Waals surface area contributed by atoms with E-state index in [1.807, 2.05) is 0 Å². The van der Waals surface area contributed by atoms with Gasteiger partial charge >= 0.3 is 6.18 Å². The van der Waals surface area contributed by atoms with Crippen molar-refractivity contribution in [2.45, 2.75) is 25.2 Å². The molecule has 0 saturated carbocycles. The van der Waals surface area contributed by atoms with Gasteiger partial charge in [-0.3, -0.25) is 9.59 Å². The Bertz CT molecular complexity index is 877. The van der Waals surface area contributed by atoms with Crippen LogP contribution in [0.3, 0.4) is 0 Å². The molecular formula is C18H21F3N4O3. The molecule has 1 atom stereocenters. The van der Waals surface area contributed by atoms with E-state index in [1.54, 1.807) is 13.1 Å². The van der Waals surface area contributed by atoms with Crippen molar-refractivity contribution in [2.24, 2.45) is 7.05 Å². The lowest BCUT2D eigenvalue weighted by atomic mass is 9.94. The number of anilines is 1. The van der Waals surface area contributed by atoms with Crippen molar-refractivity contribution in [1.29, 1.82) is 0 Å². The first-order chi connectivity index (χ1) is 12.9. The summed E-state index contributed by atoms with van der Waals surface area (Å²) in [6, 6.07) is 5.33. The van der Waals surface area contributed by atoms with Gasteiger partial charge in [-0.2, -0.15) is 13.2 Å². The van der Waals surface area contributed by atoms with E-state index in [-0.39, 0.29) is 23.6 Å². The van der Waals surface area contributed by atoms with Gasteiger partial charge in [-0.05, 0) is 18.1 Å². The van der Waals surface area contributed by atoms with Crippen LogP contribution < -0.4 is 4.90 Å². The molecule has 1 heterocycles. The fourth-order valence-electron chi connectivity index (χ4n) is 2.64. The van der Waals surface area contributed by atoms with Gasteiger partial charge in [0.2, 0.25) is 6.41 Å². The van der Waals surface area contributed by atoms with Crippen LogP contribution in [0.25, 0.3) is 0 Å². The van der Waals surface area contributed by atoms with Crippen LogP contribution in [0.15, 0.2) is 30.6 Å².